The van der Waals surface area contributed by atoms with E-state index in [9.17, 15) is 14.7 Å². The predicted molar refractivity (Wildman–Crippen MR) is 73.3 cm³/mol. The summed E-state index contributed by atoms with van der Waals surface area (Å²) < 4.78 is 5.25. The first-order valence-corrected chi connectivity index (χ1v) is 6.95. The van der Waals surface area contributed by atoms with Crippen LogP contribution in [-0.4, -0.2) is 34.2 Å². The number of hydrogen-bond acceptors (Lipinski definition) is 4. The third-order valence-electron chi connectivity index (χ3n) is 2.37. The van der Waals surface area contributed by atoms with Gasteiger partial charge in [0, 0.05) is 6.54 Å². The molecule has 0 radical (unpaired) electrons. The number of rotatable bonds is 4. The Kier molecular flexibility index (Phi) is 4.94. The first-order valence-electron chi connectivity index (χ1n) is 6.00. The monoisotopic (exact) mass is 285 g/mol. The Hall–Kier alpha value is -1.56. The molecule has 1 aromatic heterocycles. The molecule has 1 heterocycles. The van der Waals surface area contributed by atoms with Crippen LogP contribution in [0, 0.1) is 0 Å². The molecule has 0 saturated heterocycles. The summed E-state index contributed by atoms with van der Waals surface area (Å²) in [5.41, 5.74) is -0.0624. The van der Waals surface area contributed by atoms with Gasteiger partial charge >= 0.3 is 12.1 Å². The highest BCUT2D eigenvalue weighted by atomic mass is 32.1. The zero-order chi connectivity index (χ0) is 14.6. The zero-order valence-electron chi connectivity index (χ0n) is 11.5. The number of nitrogens with zero attached hydrogens (tertiary/aromatic N) is 1. The van der Waals surface area contributed by atoms with Gasteiger partial charge in [0.25, 0.3) is 0 Å². The number of carboxylic acids is 1. The van der Waals surface area contributed by atoms with E-state index in [2.05, 4.69) is 0 Å². The number of ether oxygens (including phenoxy) is 1. The SMILES string of the molecule is CCN(C(=O)OC(C)(C)C)C(C(=O)O)c1ccsc1. The molecule has 6 heteroatoms. The van der Waals surface area contributed by atoms with Crippen LogP contribution in [0.5, 0.6) is 0 Å². The number of amides is 1. The Morgan fingerprint density at radius 1 is 1.47 bits per heavy atom. The van der Waals surface area contributed by atoms with Crippen LogP contribution in [0.25, 0.3) is 0 Å². The second kappa shape index (κ2) is 6.06. The fourth-order valence-corrected chi connectivity index (χ4v) is 2.30. The minimum Gasteiger partial charge on any atom is -0.479 e. The van der Waals surface area contributed by atoms with Crippen LogP contribution in [0.15, 0.2) is 16.8 Å². The fraction of sp³-hybridized carbons (Fsp3) is 0.538. The number of likely N-dealkylation sites (N-methyl/N-ethyl adjacent to an activating group) is 1. The summed E-state index contributed by atoms with van der Waals surface area (Å²) in [6.07, 6.45) is -0.617. The summed E-state index contributed by atoms with van der Waals surface area (Å²) >= 11 is 1.40. The molecule has 19 heavy (non-hydrogen) atoms. The van der Waals surface area contributed by atoms with Gasteiger partial charge in [-0.2, -0.15) is 11.3 Å². The lowest BCUT2D eigenvalue weighted by Crippen LogP contribution is -2.41. The standard InChI is InChI=1S/C13H19NO4S/c1-5-14(12(17)18-13(2,3)4)10(11(15)16)9-6-7-19-8-9/h6-8,10H,5H2,1-4H3,(H,15,16). The Labute approximate surface area is 116 Å². The lowest BCUT2D eigenvalue weighted by Gasteiger charge is -2.30. The molecule has 1 atom stereocenters. The first-order chi connectivity index (χ1) is 8.76. The summed E-state index contributed by atoms with van der Waals surface area (Å²) in [5, 5.41) is 12.9. The maximum absolute atomic E-state index is 12.1. The molecule has 1 unspecified atom stereocenters. The predicted octanol–water partition coefficient (Wildman–Crippen LogP) is 3.13. The van der Waals surface area contributed by atoms with Gasteiger partial charge < -0.3 is 9.84 Å². The van der Waals surface area contributed by atoms with E-state index in [0.29, 0.717) is 5.56 Å². The van der Waals surface area contributed by atoms with Crippen LogP contribution in [0.4, 0.5) is 4.79 Å². The van der Waals surface area contributed by atoms with E-state index >= 15 is 0 Å². The van der Waals surface area contributed by atoms with E-state index in [1.807, 2.05) is 0 Å². The molecule has 1 N–H and O–H groups in total. The summed E-state index contributed by atoms with van der Waals surface area (Å²) in [6.45, 7) is 7.24. The maximum Gasteiger partial charge on any atom is 0.411 e. The lowest BCUT2D eigenvalue weighted by atomic mass is 10.1. The average molecular weight is 285 g/mol. The van der Waals surface area contributed by atoms with Crippen molar-refractivity contribution >= 4 is 23.4 Å². The van der Waals surface area contributed by atoms with Crippen molar-refractivity contribution in [2.45, 2.75) is 39.3 Å². The summed E-state index contributed by atoms with van der Waals surface area (Å²) in [4.78, 5) is 24.7. The van der Waals surface area contributed by atoms with E-state index in [1.54, 1.807) is 44.5 Å². The van der Waals surface area contributed by atoms with E-state index in [4.69, 9.17) is 4.74 Å². The third-order valence-corrected chi connectivity index (χ3v) is 3.07. The molecule has 0 aliphatic rings. The molecule has 1 amide bonds. The number of thiophene rings is 1. The normalized spacial score (nSPS) is 12.8. The Bertz CT molecular complexity index is 436. The van der Waals surface area contributed by atoms with Crippen molar-refractivity contribution < 1.29 is 19.4 Å². The van der Waals surface area contributed by atoms with Gasteiger partial charge in [-0.1, -0.05) is 0 Å². The van der Waals surface area contributed by atoms with Gasteiger partial charge in [-0.3, -0.25) is 4.90 Å². The van der Waals surface area contributed by atoms with Crippen molar-refractivity contribution in [1.29, 1.82) is 0 Å². The van der Waals surface area contributed by atoms with Crippen LogP contribution < -0.4 is 0 Å². The molecule has 0 aromatic carbocycles. The van der Waals surface area contributed by atoms with Gasteiger partial charge in [-0.15, -0.1) is 0 Å². The molecule has 0 saturated carbocycles. The summed E-state index contributed by atoms with van der Waals surface area (Å²) in [7, 11) is 0. The van der Waals surface area contributed by atoms with Gasteiger partial charge in [-0.25, -0.2) is 9.59 Å². The minimum atomic E-state index is -1.06. The highest BCUT2D eigenvalue weighted by molar-refractivity contribution is 7.08. The van der Waals surface area contributed by atoms with Gasteiger partial charge in [-0.05, 0) is 50.1 Å². The van der Waals surface area contributed by atoms with Gasteiger partial charge in [0.05, 0.1) is 0 Å². The van der Waals surface area contributed by atoms with Crippen molar-refractivity contribution in [3.8, 4) is 0 Å². The molecule has 0 spiro atoms. The van der Waals surface area contributed by atoms with Crippen molar-refractivity contribution in [1.82, 2.24) is 4.90 Å². The molecule has 0 aliphatic carbocycles. The largest absolute Gasteiger partial charge is 0.479 e. The van der Waals surface area contributed by atoms with Crippen molar-refractivity contribution in [2.24, 2.45) is 0 Å². The zero-order valence-corrected chi connectivity index (χ0v) is 12.4. The van der Waals surface area contributed by atoms with Crippen LogP contribution in [0.3, 0.4) is 0 Å². The first kappa shape index (κ1) is 15.5. The van der Waals surface area contributed by atoms with Gasteiger partial charge in [0.2, 0.25) is 0 Å². The third kappa shape index (κ3) is 4.24. The van der Waals surface area contributed by atoms with Gasteiger partial charge in [0.1, 0.15) is 5.60 Å². The van der Waals surface area contributed by atoms with Crippen LogP contribution in [0.1, 0.15) is 39.3 Å². The summed E-state index contributed by atoms with van der Waals surface area (Å²) in [6, 6.07) is 0.697. The van der Waals surface area contributed by atoms with Crippen molar-refractivity contribution in [3.63, 3.8) is 0 Å². The summed E-state index contributed by atoms with van der Waals surface area (Å²) in [5.74, 6) is -1.06. The Morgan fingerprint density at radius 3 is 2.47 bits per heavy atom. The topological polar surface area (TPSA) is 66.8 Å². The maximum atomic E-state index is 12.1. The molecule has 0 aliphatic heterocycles. The quantitative estimate of drug-likeness (QED) is 0.923. The molecular weight excluding hydrogens is 266 g/mol. The van der Waals surface area contributed by atoms with Crippen LogP contribution in [-0.2, 0) is 9.53 Å². The number of carbonyl (C=O) groups excluding carboxylic acids is 1. The van der Waals surface area contributed by atoms with Gasteiger partial charge in [0.15, 0.2) is 6.04 Å². The molecule has 1 aromatic rings. The van der Waals surface area contributed by atoms with Crippen molar-refractivity contribution in [3.05, 3.63) is 22.4 Å². The molecular formula is C13H19NO4S. The number of carbonyl (C=O) groups is 2. The highest BCUT2D eigenvalue weighted by Crippen LogP contribution is 2.25. The second-order valence-corrected chi connectivity index (χ2v) is 5.84. The van der Waals surface area contributed by atoms with E-state index in [-0.39, 0.29) is 6.54 Å². The molecule has 0 bridgehead atoms. The molecule has 0 fully saturated rings. The molecule has 1 rings (SSSR count). The average Bonchev–Trinajstić information content (AvgIpc) is 2.75. The van der Waals surface area contributed by atoms with Crippen molar-refractivity contribution in [2.75, 3.05) is 6.54 Å². The fourth-order valence-electron chi connectivity index (χ4n) is 1.62. The second-order valence-electron chi connectivity index (χ2n) is 5.06. The lowest BCUT2D eigenvalue weighted by molar-refractivity contribution is -0.143. The molecule has 106 valence electrons. The Morgan fingerprint density at radius 2 is 2.11 bits per heavy atom. The van der Waals surface area contributed by atoms with E-state index in [1.165, 1.54) is 16.2 Å². The van der Waals surface area contributed by atoms with Crippen LogP contribution in [0.2, 0.25) is 0 Å². The number of hydrogen-bond donors (Lipinski definition) is 1. The van der Waals surface area contributed by atoms with E-state index < -0.39 is 23.7 Å². The van der Waals surface area contributed by atoms with Crippen LogP contribution >= 0.6 is 11.3 Å². The number of carboxylic acid groups (broad SMARTS) is 1. The number of aliphatic carboxylic acids is 1. The molecule has 5 nitrogen and oxygen atoms in total. The Balaban J connectivity index is 2.98. The smallest absolute Gasteiger partial charge is 0.411 e. The van der Waals surface area contributed by atoms with E-state index in [0.717, 1.165) is 0 Å². The highest BCUT2D eigenvalue weighted by Gasteiger charge is 2.33. The minimum absolute atomic E-state index is 0.266.